The fourth-order valence-electron chi connectivity index (χ4n) is 4.56. The Kier molecular flexibility index (Phi) is 5.07. The minimum atomic E-state index is 0.274. The van der Waals surface area contributed by atoms with Gasteiger partial charge in [-0.15, -0.1) is 0 Å². The van der Waals surface area contributed by atoms with Crippen molar-refractivity contribution in [2.45, 2.75) is 38.8 Å². The maximum Gasteiger partial charge on any atom is 0.222 e. The van der Waals surface area contributed by atoms with Crippen LogP contribution in [0.4, 0.5) is 0 Å². The number of benzene rings is 1. The maximum atomic E-state index is 12.5. The number of hydrogen-bond acceptors (Lipinski definition) is 3. The van der Waals surface area contributed by atoms with Crippen LogP contribution in [0.3, 0.4) is 0 Å². The van der Waals surface area contributed by atoms with E-state index in [1.165, 1.54) is 24.9 Å². The fraction of sp³-hybridized carbons (Fsp3) is 0.524. The molecule has 2 fully saturated rings. The third-order valence-corrected chi connectivity index (χ3v) is 5.94. The molecular formula is C21H28N4O. The van der Waals surface area contributed by atoms with Gasteiger partial charge in [0.05, 0.1) is 6.33 Å². The summed E-state index contributed by atoms with van der Waals surface area (Å²) < 4.78 is 2.15. The largest absolute Gasteiger partial charge is 0.338 e. The van der Waals surface area contributed by atoms with E-state index < -0.39 is 0 Å². The zero-order chi connectivity index (χ0) is 17.8. The van der Waals surface area contributed by atoms with E-state index in [1.54, 1.807) is 0 Å². The van der Waals surface area contributed by atoms with Crippen molar-refractivity contribution in [1.29, 1.82) is 0 Å². The topological polar surface area (TPSA) is 41.4 Å². The molecule has 138 valence electrons. The summed E-state index contributed by atoms with van der Waals surface area (Å²) in [5.41, 5.74) is 1.50. The highest BCUT2D eigenvalue weighted by molar-refractivity contribution is 5.77. The van der Waals surface area contributed by atoms with Crippen molar-refractivity contribution in [1.82, 2.24) is 19.4 Å². The van der Waals surface area contributed by atoms with Gasteiger partial charge in [-0.2, -0.15) is 0 Å². The number of piperidine rings is 2. The second kappa shape index (κ2) is 7.62. The van der Waals surface area contributed by atoms with Crippen LogP contribution in [0, 0.1) is 5.41 Å². The quantitative estimate of drug-likeness (QED) is 0.831. The van der Waals surface area contributed by atoms with Crippen molar-refractivity contribution in [3.8, 4) is 0 Å². The van der Waals surface area contributed by atoms with E-state index in [2.05, 4.69) is 43.6 Å². The molecule has 3 heterocycles. The van der Waals surface area contributed by atoms with Gasteiger partial charge in [-0.1, -0.05) is 30.3 Å². The number of aromatic nitrogens is 2. The van der Waals surface area contributed by atoms with Crippen molar-refractivity contribution in [2.75, 3.05) is 26.2 Å². The third kappa shape index (κ3) is 3.98. The van der Waals surface area contributed by atoms with Gasteiger partial charge in [0.2, 0.25) is 5.91 Å². The molecule has 1 atom stereocenters. The lowest BCUT2D eigenvalue weighted by Gasteiger charge is -2.48. The summed E-state index contributed by atoms with van der Waals surface area (Å²) in [4.78, 5) is 21.3. The number of imidazole rings is 1. The van der Waals surface area contributed by atoms with Gasteiger partial charge in [-0.3, -0.25) is 4.79 Å². The Balaban J connectivity index is 1.39. The lowest BCUT2D eigenvalue weighted by atomic mass is 9.73. The Morgan fingerprint density at radius 3 is 2.77 bits per heavy atom. The summed E-state index contributed by atoms with van der Waals surface area (Å²) in [7, 11) is 0. The predicted molar refractivity (Wildman–Crippen MR) is 101 cm³/mol. The lowest BCUT2D eigenvalue weighted by molar-refractivity contribution is -0.140. The first-order valence-corrected chi connectivity index (χ1v) is 9.72. The second-order valence-electron chi connectivity index (χ2n) is 7.92. The lowest BCUT2D eigenvalue weighted by Crippen LogP contribution is -2.54. The number of nitrogens with zero attached hydrogens (tertiary/aromatic N) is 4. The number of likely N-dealkylation sites (tertiary alicyclic amines) is 2. The smallest absolute Gasteiger partial charge is 0.222 e. The zero-order valence-electron chi connectivity index (χ0n) is 15.4. The van der Waals surface area contributed by atoms with Gasteiger partial charge >= 0.3 is 0 Å². The summed E-state index contributed by atoms with van der Waals surface area (Å²) in [6, 6.07) is 10.4. The SMILES string of the molecule is O=C1CC[C@@]2(CCCN(CCn3ccnc3)C2)CN1Cc1ccccc1. The molecule has 0 N–H and O–H groups in total. The molecule has 2 aliphatic heterocycles. The van der Waals surface area contributed by atoms with Crippen LogP contribution < -0.4 is 0 Å². The first-order chi connectivity index (χ1) is 12.7. The molecule has 1 spiro atoms. The summed E-state index contributed by atoms with van der Waals surface area (Å²) in [5, 5.41) is 0. The van der Waals surface area contributed by atoms with E-state index in [9.17, 15) is 4.79 Å². The molecule has 1 aromatic heterocycles. The molecule has 0 aliphatic carbocycles. The molecule has 5 heteroatoms. The highest BCUT2D eigenvalue weighted by Gasteiger charge is 2.41. The van der Waals surface area contributed by atoms with E-state index in [1.807, 2.05) is 24.8 Å². The van der Waals surface area contributed by atoms with Gasteiger partial charge < -0.3 is 14.4 Å². The van der Waals surface area contributed by atoms with Crippen molar-refractivity contribution in [3.63, 3.8) is 0 Å². The van der Waals surface area contributed by atoms with Crippen LogP contribution >= 0.6 is 0 Å². The molecular weight excluding hydrogens is 324 g/mol. The third-order valence-electron chi connectivity index (χ3n) is 5.94. The summed E-state index contributed by atoms with van der Waals surface area (Å²) in [6.45, 7) is 5.98. The van der Waals surface area contributed by atoms with Crippen LogP contribution in [0.1, 0.15) is 31.2 Å². The molecule has 2 saturated heterocycles. The number of amides is 1. The molecule has 2 aliphatic rings. The second-order valence-corrected chi connectivity index (χ2v) is 7.92. The zero-order valence-corrected chi connectivity index (χ0v) is 15.4. The van der Waals surface area contributed by atoms with E-state index in [4.69, 9.17) is 0 Å². The Morgan fingerprint density at radius 1 is 1.08 bits per heavy atom. The number of rotatable bonds is 5. The van der Waals surface area contributed by atoms with Crippen LogP contribution in [-0.2, 0) is 17.9 Å². The Labute approximate surface area is 155 Å². The number of carbonyl (C=O) groups excluding carboxylic acids is 1. The molecule has 1 aromatic carbocycles. The minimum absolute atomic E-state index is 0.274. The van der Waals surface area contributed by atoms with E-state index in [0.717, 1.165) is 39.1 Å². The van der Waals surface area contributed by atoms with Crippen LogP contribution in [0.25, 0.3) is 0 Å². The summed E-state index contributed by atoms with van der Waals surface area (Å²) in [6.07, 6.45) is 9.97. The van der Waals surface area contributed by atoms with Gasteiger partial charge in [-0.25, -0.2) is 4.98 Å². The fourth-order valence-corrected chi connectivity index (χ4v) is 4.56. The van der Waals surface area contributed by atoms with Crippen LogP contribution in [-0.4, -0.2) is 51.4 Å². The van der Waals surface area contributed by atoms with Crippen LogP contribution in [0.15, 0.2) is 49.1 Å². The van der Waals surface area contributed by atoms with Crippen LogP contribution in [0.5, 0.6) is 0 Å². The monoisotopic (exact) mass is 352 g/mol. The summed E-state index contributed by atoms with van der Waals surface area (Å²) >= 11 is 0. The molecule has 2 aromatic rings. The van der Waals surface area contributed by atoms with Gasteiger partial charge in [0.15, 0.2) is 0 Å². The van der Waals surface area contributed by atoms with Crippen molar-refractivity contribution < 1.29 is 4.79 Å². The van der Waals surface area contributed by atoms with E-state index >= 15 is 0 Å². The first kappa shape index (κ1) is 17.3. The molecule has 5 nitrogen and oxygen atoms in total. The maximum absolute atomic E-state index is 12.5. The average molecular weight is 352 g/mol. The van der Waals surface area contributed by atoms with Crippen molar-refractivity contribution in [3.05, 3.63) is 54.6 Å². The molecule has 0 unspecified atom stereocenters. The Morgan fingerprint density at radius 2 is 1.96 bits per heavy atom. The molecule has 4 rings (SSSR count). The highest BCUT2D eigenvalue weighted by atomic mass is 16.2. The predicted octanol–water partition coefficient (Wildman–Crippen LogP) is 2.79. The average Bonchev–Trinajstić information content (AvgIpc) is 3.18. The normalized spacial score (nSPS) is 24.3. The van der Waals surface area contributed by atoms with Crippen LogP contribution in [0.2, 0.25) is 0 Å². The molecule has 26 heavy (non-hydrogen) atoms. The van der Waals surface area contributed by atoms with Crippen molar-refractivity contribution >= 4 is 5.91 Å². The van der Waals surface area contributed by atoms with E-state index in [0.29, 0.717) is 12.3 Å². The van der Waals surface area contributed by atoms with Gasteiger partial charge in [0.1, 0.15) is 0 Å². The molecule has 0 bridgehead atoms. The molecule has 0 saturated carbocycles. The van der Waals surface area contributed by atoms with Gasteiger partial charge in [0.25, 0.3) is 0 Å². The van der Waals surface area contributed by atoms with E-state index in [-0.39, 0.29) is 5.41 Å². The first-order valence-electron chi connectivity index (χ1n) is 9.72. The molecule has 1 amide bonds. The van der Waals surface area contributed by atoms with Crippen molar-refractivity contribution in [2.24, 2.45) is 5.41 Å². The summed E-state index contributed by atoms with van der Waals surface area (Å²) in [5.74, 6) is 0.315. The highest BCUT2D eigenvalue weighted by Crippen LogP contribution is 2.39. The van der Waals surface area contributed by atoms with Gasteiger partial charge in [-0.05, 0) is 31.4 Å². The molecule has 0 radical (unpaired) electrons. The number of hydrogen-bond donors (Lipinski definition) is 0. The standard InChI is InChI=1S/C21H28N4O/c26-20-7-9-21(17-25(20)15-19-5-2-1-3-6-19)8-4-11-23(16-21)13-14-24-12-10-22-18-24/h1-3,5-6,10,12,18H,4,7-9,11,13-17H2/t21-/m1/s1. The minimum Gasteiger partial charge on any atom is -0.338 e. The number of carbonyl (C=O) groups is 1. The Bertz CT molecular complexity index is 715. The van der Waals surface area contributed by atoms with Gasteiger partial charge in [0, 0.05) is 57.0 Å². The Hall–Kier alpha value is -2.14.